The number of hydrogen-bond donors (Lipinski definition) is 1. The van der Waals surface area contributed by atoms with E-state index < -0.39 is 0 Å². The Bertz CT molecular complexity index is 849. The van der Waals surface area contributed by atoms with E-state index in [1.807, 2.05) is 54.6 Å². The van der Waals surface area contributed by atoms with Gasteiger partial charge in [0.05, 0.1) is 6.21 Å². The molecule has 5 nitrogen and oxygen atoms in total. The Labute approximate surface area is 146 Å². The SMILES string of the molecule is O=C(N/N=C/c1cccc(OCc2ccccc2)c1)c1ccncc1. The highest BCUT2D eigenvalue weighted by Crippen LogP contribution is 2.14. The first-order valence-electron chi connectivity index (χ1n) is 7.81. The number of benzene rings is 2. The molecule has 3 aromatic rings. The number of rotatable bonds is 6. The summed E-state index contributed by atoms with van der Waals surface area (Å²) in [6, 6.07) is 20.7. The lowest BCUT2D eigenvalue weighted by Crippen LogP contribution is -2.17. The van der Waals surface area contributed by atoms with Gasteiger partial charge in [0.2, 0.25) is 0 Å². The second-order valence-electron chi connectivity index (χ2n) is 5.28. The maximum atomic E-state index is 11.9. The van der Waals surface area contributed by atoms with Crippen molar-refractivity contribution in [1.29, 1.82) is 0 Å². The Morgan fingerprint density at radius 3 is 2.64 bits per heavy atom. The van der Waals surface area contributed by atoms with Crippen LogP contribution in [0.5, 0.6) is 5.75 Å². The fourth-order valence-electron chi connectivity index (χ4n) is 2.16. The largest absolute Gasteiger partial charge is 0.489 e. The second kappa shape index (κ2) is 8.40. The van der Waals surface area contributed by atoms with E-state index in [9.17, 15) is 4.79 Å². The highest BCUT2D eigenvalue weighted by molar-refractivity contribution is 5.94. The van der Waals surface area contributed by atoms with Gasteiger partial charge in [0.25, 0.3) is 5.91 Å². The van der Waals surface area contributed by atoms with Crippen LogP contribution in [-0.4, -0.2) is 17.1 Å². The van der Waals surface area contributed by atoms with E-state index in [0.29, 0.717) is 12.2 Å². The van der Waals surface area contributed by atoms with E-state index in [4.69, 9.17) is 4.74 Å². The van der Waals surface area contributed by atoms with Gasteiger partial charge in [-0.25, -0.2) is 5.43 Å². The van der Waals surface area contributed by atoms with E-state index in [1.54, 1.807) is 30.7 Å². The predicted molar refractivity (Wildman–Crippen MR) is 96.5 cm³/mol. The summed E-state index contributed by atoms with van der Waals surface area (Å²) in [7, 11) is 0. The number of hydrogen-bond acceptors (Lipinski definition) is 4. The van der Waals surface area contributed by atoms with Gasteiger partial charge >= 0.3 is 0 Å². The summed E-state index contributed by atoms with van der Waals surface area (Å²) in [5, 5.41) is 3.98. The number of carbonyl (C=O) groups excluding carboxylic acids is 1. The highest BCUT2D eigenvalue weighted by Gasteiger charge is 2.02. The number of hydrazone groups is 1. The van der Waals surface area contributed by atoms with Crippen LogP contribution in [0, 0.1) is 0 Å². The van der Waals surface area contributed by atoms with Crippen molar-refractivity contribution in [2.45, 2.75) is 6.61 Å². The molecular weight excluding hydrogens is 314 g/mol. The van der Waals surface area contributed by atoms with Crippen LogP contribution in [0.25, 0.3) is 0 Å². The Morgan fingerprint density at radius 2 is 1.84 bits per heavy atom. The average molecular weight is 331 g/mol. The van der Waals surface area contributed by atoms with Gasteiger partial charge in [-0.1, -0.05) is 42.5 Å². The van der Waals surface area contributed by atoms with Crippen LogP contribution in [-0.2, 0) is 6.61 Å². The van der Waals surface area contributed by atoms with E-state index in [1.165, 1.54) is 0 Å². The maximum Gasteiger partial charge on any atom is 0.271 e. The summed E-state index contributed by atoms with van der Waals surface area (Å²) in [6.45, 7) is 0.500. The molecule has 0 spiro atoms. The van der Waals surface area contributed by atoms with Crippen LogP contribution in [0.4, 0.5) is 0 Å². The van der Waals surface area contributed by atoms with Crippen LogP contribution in [0.3, 0.4) is 0 Å². The highest BCUT2D eigenvalue weighted by atomic mass is 16.5. The van der Waals surface area contributed by atoms with Gasteiger partial charge in [0.15, 0.2) is 0 Å². The number of nitrogens with zero attached hydrogens (tertiary/aromatic N) is 2. The molecule has 0 saturated carbocycles. The molecule has 25 heavy (non-hydrogen) atoms. The minimum Gasteiger partial charge on any atom is -0.489 e. The summed E-state index contributed by atoms with van der Waals surface area (Å²) in [6.07, 6.45) is 4.70. The first kappa shape index (κ1) is 16.4. The first-order chi connectivity index (χ1) is 12.3. The van der Waals surface area contributed by atoms with Gasteiger partial charge in [0, 0.05) is 18.0 Å². The van der Waals surface area contributed by atoms with Crippen LogP contribution in [0.2, 0.25) is 0 Å². The molecule has 1 N–H and O–H groups in total. The van der Waals surface area contributed by atoms with Crippen molar-refractivity contribution in [2.75, 3.05) is 0 Å². The molecule has 0 atom stereocenters. The second-order valence-corrected chi connectivity index (χ2v) is 5.28. The van der Waals surface area contributed by atoms with Crippen LogP contribution >= 0.6 is 0 Å². The van der Waals surface area contributed by atoms with E-state index in [-0.39, 0.29) is 5.91 Å². The number of carbonyl (C=O) groups is 1. The Kier molecular flexibility index (Phi) is 5.51. The summed E-state index contributed by atoms with van der Waals surface area (Å²) >= 11 is 0. The third-order valence-electron chi connectivity index (χ3n) is 3.43. The number of nitrogens with one attached hydrogen (secondary N) is 1. The minimum atomic E-state index is -0.282. The van der Waals surface area contributed by atoms with Gasteiger partial charge in [-0.05, 0) is 35.4 Å². The normalized spacial score (nSPS) is 10.6. The molecule has 0 fully saturated rings. The van der Waals surface area contributed by atoms with Crippen molar-refractivity contribution in [3.63, 3.8) is 0 Å². The van der Waals surface area contributed by atoms with Crippen LogP contribution in [0.15, 0.2) is 84.2 Å². The quantitative estimate of drug-likeness (QED) is 0.556. The third-order valence-corrected chi connectivity index (χ3v) is 3.43. The molecule has 1 heterocycles. The lowest BCUT2D eigenvalue weighted by Gasteiger charge is -2.06. The molecule has 0 radical (unpaired) electrons. The molecule has 2 aromatic carbocycles. The molecule has 3 rings (SSSR count). The average Bonchev–Trinajstić information content (AvgIpc) is 2.68. The number of ether oxygens (including phenoxy) is 1. The molecule has 0 aliphatic carbocycles. The molecule has 0 aliphatic rings. The molecule has 0 bridgehead atoms. The summed E-state index contributed by atoms with van der Waals surface area (Å²) in [4.78, 5) is 15.8. The van der Waals surface area contributed by atoms with E-state index in [2.05, 4.69) is 15.5 Å². The Hall–Kier alpha value is -3.47. The summed E-state index contributed by atoms with van der Waals surface area (Å²) < 4.78 is 5.77. The zero-order chi connectivity index (χ0) is 17.3. The number of pyridine rings is 1. The summed E-state index contributed by atoms with van der Waals surface area (Å²) in [5.74, 6) is 0.461. The van der Waals surface area contributed by atoms with Gasteiger partial charge in [-0.2, -0.15) is 5.10 Å². The van der Waals surface area contributed by atoms with Crippen LogP contribution in [0.1, 0.15) is 21.5 Å². The van der Waals surface area contributed by atoms with Gasteiger partial charge in [-0.15, -0.1) is 0 Å². The Morgan fingerprint density at radius 1 is 1.04 bits per heavy atom. The predicted octanol–water partition coefficient (Wildman–Crippen LogP) is 3.42. The lowest BCUT2D eigenvalue weighted by atomic mass is 10.2. The van der Waals surface area contributed by atoms with Gasteiger partial charge in [-0.3, -0.25) is 9.78 Å². The van der Waals surface area contributed by atoms with Gasteiger partial charge in [0.1, 0.15) is 12.4 Å². The lowest BCUT2D eigenvalue weighted by molar-refractivity contribution is 0.0955. The topological polar surface area (TPSA) is 63.6 Å². The standard InChI is InChI=1S/C20H17N3O2/c24-20(18-9-11-21-12-10-18)23-22-14-17-7-4-8-19(13-17)25-15-16-5-2-1-3-6-16/h1-14H,15H2,(H,23,24)/b22-14+. The zero-order valence-corrected chi connectivity index (χ0v) is 13.5. The van der Waals surface area contributed by atoms with Crippen molar-refractivity contribution < 1.29 is 9.53 Å². The molecule has 1 amide bonds. The first-order valence-corrected chi connectivity index (χ1v) is 7.81. The maximum absolute atomic E-state index is 11.9. The third kappa shape index (κ3) is 5.00. The fourth-order valence-corrected chi connectivity index (χ4v) is 2.16. The van der Waals surface area contributed by atoms with E-state index >= 15 is 0 Å². The number of amides is 1. The molecule has 5 heteroatoms. The van der Waals surface area contributed by atoms with Crippen molar-refractivity contribution in [3.8, 4) is 5.75 Å². The minimum absolute atomic E-state index is 0.282. The molecule has 0 saturated heterocycles. The van der Waals surface area contributed by atoms with Gasteiger partial charge < -0.3 is 4.74 Å². The van der Waals surface area contributed by atoms with Crippen molar-refractivity contribution >= 4 is 12.1 Å². The Balaban J connectivity index is 1.57. The fraction of sp³-hybridized carbons (Fsp3) is 0.0500. The zero-order valence-electron chi connectivity index (χ0n) is 13.5. The monoisotopic (exact) mass is 331 g/mol. The van der Waals surface area contributed by atoms with E-state index in [0.717, 1.165) is 16.9 Å². The smallest absolute Gasteiger partial charge is 0.271 e. The van der Waals surface area contributed by atoms with Crippen molar-refractivity contribution in [3.05, 3.63) is 95.8 Å². The number of aromatic nitrogens is 1. The molecular formula is C20H17N3O2. The van der Waals surface area contributed by atoms with Crippen LogP contribution < -0.4 is 10.2 Å². The summed E-state index contributed by atoms with van der Waals surface area (Å²) in [5.41, 5.74) is 4.93. The molecule has 0 unspecified atom stereocenters. The molecule has 1 aromatic heterocycles. The molecule has 124 valence electrons. The molecule has 0 aliphatic heterocycles. The van der Waals surface area contributed by atoms with Crippen molar-refractivity contribution in [2.24, 2.45) is 5.10 Å². The van der Waals surface area contributed by atoms with Crippen molar-refractivity contribution in [1.82, 2.24) is 10.4 Å².